The summed E-state index contributed by atoms with van der Waals surface area (Å²) in [5.41, 5.74) is 0.145. The third-order valence-corrected chi connectivity index (χ3v) is 3.90. The summed E-state index contributed by atoms with van der Waals surface area (Å²) in [6.07, 6.45) is 10.8. The first kappa shape index (κ1) is 10.4. The molecule has 82 valence electrons. The molecule has 2 nitrogen and oxygen atoms in total. The topological polar surface area (TPSA) is 32.3 Å². The summed E-state index contributed by atoms with van der Waals surface area (Å²) in [5, 5.41) is 12.7. The highest BCUT2D eigenvalue weighted by molar-refractivity contribution is 5.01. The second-order valence-corrected chi connectivity index (χ2v) is 5.18. The molecule has 2 fully saturated rings. The first-order valence-electron chi connectivity index (χ1n) is 6.21. The lowest BCUT2D eigenvalue weighted by atomic mass is 10.00. The van der Waals surface area contributed by atoms with E-state index in [9.17, 15) is 5.11 Å². The third-order valence-electron chi connectivity index (χ3n) is 3.90. The molecule has 14 heavy (non-hydrogen) atoms. The molecule has 2 aliphatic carbocycles. The fourth-order valence-corrected chi connectivity index (χ4v) is 2.47. The van der Waals surface area contributed by atoms with E-state index in [-0.39, 0.29) is 5.54 Å². The Morgan fingerprint density at radius 1 is 1.07 bits per heavy atom. The largest absolute Gasteiger partial charge is 0.394 e. The van der Waals surface area contributed by atoms with E-state index in [1.54, 1.807) is 0 Å². The zero-order chi connectivity index (χ0) is 9.86. The third kappa shape index (κ3) is 2.71. The van der Waals surface area contributed by atoms with Crippen LogP contribution in [0.25, 0.3) is 0 Å². The molecule has 0 spiro atoms. The Kier molecular flexibility index (Phi) is 3.45. The van der Waals surface area contributed by atoms with Crippen LogP contribution in [-0.4, -0.2) is 23.8 Å². The van der Waals surface area contributed by atoms with E-state index in [4.69, 9.17) is 0 Å². The smallest absolute Gasteiger partial charge is 0.0613 e. The van der Waals surface area contributed by atoms with E-state index in [1.165, 1.54) is 51.4 Å². The lowest BCUT2D eigenvalue weighted by Crippen LogP contribution is -2.38. The van der Waals surface area contributed by atoms with Gasteiger partial charge in [-0.25, -0.2) is 0 Å². The number of hydrogen-bond acceptors (Lipinski definition) is 2. The highest BCUT2D eigenvalue weighted by Gasteiger charge is 2.41. The van der Waals surface area contributed by atoms with Crippen LogP contribution in [0.5, 0.6) is 0 Å². The SMILES string of the molecule is OCC1(NCC2CCCCCC2)CC1. The number of aliphatic hydroxyl groups excluding tert-OH is 1. The molecule has 0 heterocycles. The Bertz CT molecular complexity index is 169. The molecule has 2 rings (SSSR count). The average Bonchev–Trinajstić information content (AvgIpc) is 3.01. The van der Waals surface area contributed by atoms with Crippen LogP contribution >= 0.6 is 0 Å². The van der Waals surface area contributed by atoms with E-state index in [0.29, 0.717) is 6.61 Å². The van der Waals surface area contributed by atoms with Crippen LogP contribution in [0, 0.1) is 5.92 Å². The summed E-state index contributed by atoms with van der Waals surface area (Å²) >= 11 is 0. The summed E-state index contributed by atoms with van der Waals surface area (Å²) in [6.45, 7) is 1.47. The molecule has 0 aliphatic heterocycles. The van der Waals surface area contributed by atoms with Crippen LogP contribution in [-0.2, 0) is 0 Å². The van der Waals surface area contributed by atoms with Crippen LogP contribution in [0.2, 0.25) is 0 Å². The maximum atomic E-state index is 9.18. The second-order valence-electron chi connectivity index (χ2n) is 5.18. The van der Waals surface area contributed by atoms with Crippen molar-refractivity contribution in [3.8, 4) is 0 Å². The Labute approximate surface area is 87.1 Å². The monoisotopic (exact) mass is 197 g/mol. The normalized spacial score (nSPS) is 27.2. The van der Waals surface area contributed by atoms with Crippen LogP contribution in [0.3, 0.4) is 0 Å². The number of rotatable bonds is 4. The minimum absolute atomic E-state index is 0.145. The standard InChI is InChI=1S/C12H23NO/c14-10-12(7-8-12)13-9-11-5-3-1-2-4-6-11/h11,13-14H,1-10H2. The minimum atomic E-state index is 0.145. The quantitative estimate of drug-likeness (QED) is 0.676. The van der Waals surface area contributed by atoms with Crippen LogP contribution in [0.15, 0.2) is 0 Å². The summed E-state index contributed by atoms with van der Waals surface area (Å²) in [7, 11) is 0. The predicted molar refractivity (Wildman–Crippen MR) is 58.2 cm³/mol. The molecule has 0 radical (unpaired) electrons. The van der Waals surface area contributed by atoms with Crippen LogP contribution in [0.4, 0.5) is 0 Å². The van der Waals surface area contributed by atoms with Gasteiger partial charge in [0.2, 0.25) is 0 Å². The molecule has 2 heteroatoms. The van der Waals surface area contributed by atoms with Gasteiger partial charge in [0.05, 0.1) is 6.61 Å². The van der Waals surface area contributed by atoms with E-state index in [0.717, 1.165) is 12.5 Å². The van der Waals surface area contributed by atoms with Gasteiger partial charge >= 0.3 is 0 Å². The summed E-state index contributed by atoms with van der Waals surface area (Å²) in [6, 6.07) is 0. The predicted octanol–water partition coefficient (Wildman–Crippen LogP) is 2.07. The number of aliphatic hydroxyl groups is 1. The van der Waals surface area contributed by atoms with E-state index in [2.05, 4.69) is 5.32 Å². The van der Waals surface area contributed by atoms with Gasteiger partial charge in [-0.1, -0.05) is 25.7 Å². The molecule has 0 atom stereocenters. The molecule has 0 amide bonds. The Morgan fingerprint density at radius 3 is 2.21 bits per heavy atom. The van der Waals surface area contributed by atoms with Gasteiger partial charge in [-0.2, -0.15) is 0 Å². The molecular formula is C12H23NO. The van der Waals surface area contributed by atoms with Gasteiger partial charge in [-0.15, -0.1) is 0 Å². The number of nitrogens with one attached hydrogen (secondary N) is 1. The summed E-state index contributed by atoms with van der Waals surface area (Å²) in [5.74, 6) is 0.876. The Balaban J connectivity index is 1.68. The molecule has 0 bridgehead atoms. The highest BCUT2D eigenvalue weighted by Crippen LogP contribution is 2.35. The maximum Gasteiger partial charge on any atom is 0.0613 e. The van der Waals surface area contributed by atoms with Crippen LogP contribution < -0.4 is 5.32 Å². The van der Waals surface area contributed by atoms with Crippen molar-refractivity contribution in [2.24, 2.45) is 5.92 Å². The van der Waals surface area contributed by atoms with Crippen molar-refractivity contribution in [2.75, 3.05) is 13.2 Å². The molecule has 0 aromatic heterocycles. The molecule has 2 aliphatic rings. The maximum absolute atomic E-state index is 9.18. The van der Waals surface area contributed by atoms with E-state index in [1.807, 2.05) is 0 Å². The molecule has 2 N–H and O–H groups in total. The summed E-state index contributed by atoms with van der Waals surface area (Å²) in [4.78, 5) is 0. The molecule has 0 aromatic carbocycles. The van der Waals surface area contributed by atoms with Gasteiger partial charge in [0.1, 0.15) is 0 Å². The lowest BCUT2D eigenvalue weighted by molar-refractivity contribution is 0.222. The van der Waals surface area contributed by atoms with Gasteiger partial charge in [-0.3, -0.25) is 0 Å². The van der Waals surface area contributed by atoms with Crippen molar-refractivity contribution in [1.82, 2.24) is 5.32 Å². The van der Waals surface area contributed by atoms with Crippen LogP contribution in [0.1, 0.15) is 51.4 Å². The van der Waals surface area contributed by atoms with Crippen molar-refractivity contribution in [3.63, 3.8) is 0 Å². The fraction of sp³-hybridized carbons (Fsp3) is 1.00. The van der Waals surface area contributed by atoms with Crippen molar-refractivity contribution in [3.05, 3.63) is 0 Å². The second kappa shape index (κ2) is 4.63. The van der Waals surface area contributed by atoms with E-state index >= 15 is 0 Å². The minimum Gasteiger partial charge on any atom is -0.394 e. The van der Waals surface area contributed by atoms with Gasteiger partial charge in [0.25, 0.3) is 0 Å². The zero-order valence-electron chi connectivity index (χ0n) is 9.10. The first-order chi connectivity index (χ1) is 6.85. The average molecular weight is 197 g/mol. The van der Waals surface area contributed by atoms with Gasteiger partial charge < -0.3 is 10.4 Å². The van der Waals surface area contributed by atoms with Gasteiger partial charge in [0.15, 0.2) is 0 Å². The molecule has 0 aromatic rings. The van der Waals surface area contributed by atoms with Gasteiger partial charge in [0, 0.05) is 5.54 Å². The number of hydrogen-bond donors (Lipinski definition) is 2. The Morgan fingerprint density at radius 2 is 1.71 bits per heavy atom. The fourth-order valence-electron chi connectivity index (χ4n) is 2.47. The first-order valence-corrected chi connectivity index (χ1v) is 6.21. The van der Waals surface area contributed by atoms with Crippen molar-refractivity contribution in [2.45, 2.75) is 56.9 Å². The highest BCUT2D eigenvalue weighted by atomic mass is 16.3. The molecular weight excluding hydrogens is 174 g/mol. The Hall–Kier alpha value is -0.0800. The van der Waals surface area contributed by atoms with Crippen molar-refractivity contribution in [1.29, 1.82) is 0 Å². The van der Waals surface area contributed by atoms with E-state index < -0.39 is 0 Å². The van der Waals surface area contributed by atoms with Crippen molar-refractivity contribution >= 4 is 0 Å². The molecule has 2 saturated carbocycles. The lowest BCUT2D eigenvalue weighted by Gasteiger charge is -2.20. The summed E-state index contributed by atoms with van der Waals surface area (Å²) < 4.78 is 0. The molecule has 0 saturated heterocycles. The van der Waals surface area contributed by atoms with Crippen molar-refractivity contribution < 1.29 is 5.11 Å². The zero-order valence-corrected chi connectivity index (χ0v) is 9.10. The molecule has 0 unspecified atom stereocenters. The van der Waals surface area contributed by atoms with Gasteiger partial charge in [-0.05, 0) is 38.1 Å².